The van der Waals surface area contributed by atoms with E-state index in [2.05, 4.69) is 31.2 Å². The summed E-state index contributed by atoms with van der Waals surface area (Å²) >= 11 is 0. The van der Waals surface area contributed by atoms with Gasteiger partial charge in [-0.1, -0.05) is 30.3 Å². The zero-order valence-corrected chi connectivity index (χ0v) is 20.4. The average molecular weight is 452 g/mol. The number of nitrogens with zero attached hydrogens (tertiary/aromatic N) is 1. The van der Waals surface area contributed by atoms with Gasteiger partial charge in [-0.3, -0.25) is 4.79 Å². The van der Waals surface area contributed by atoms with E-state index in [4.69, 9.17) is 14.2 Å². The number of aryl methyl sites for hydroxylation is 1. The Morgan fingerprint density at radius 1 is 1.15 bits per heavy atom. The third-order valence-electron chi connectivity index (χ3n) is 6.79. The van der Waals surface area contributed by atoms with Crippen LogP contribution in [-0.2, 0) is 9.47 Å². The van der Waals surface area contributed by atoms with Crippen molar-refractivity contribution >= 4 is 5.91 Å². The van der Waals surface area contributed by atoms with Crippen LogP contribution < -0.4 is 4.74 Å². The smallest absolute Gasteiger partial charge is 0.253 e. The molecule has 2 aromatic rings. The number of rotatable bonds is 6. The largest absolute Gasteiger partial charge is 0.491 e. The summed E-state index contributed by atoms with van der Waals surface area (Å²) < 4.78 is 18.7. The number of benzene rings is 2. The van der Waals surface area contributed by atoms with Gasteiger partial charge in [0.25, 0.3) is 5.91 Å². The van der Waals surface area contributed by atoms with Crippen LogP contribution in [0.5, 0.6) is 5.75 Å². The highest BCUT2D eigenvalue weighted by Gasteiger charge is 2.45. The molecule has 2 fully saturated rings. The Kier molecular flexibility index (Phi) is 7.40. The van der Waals surface area contributed by atoms with Crippen LogP contribution >= 0.6 is 0 Å². The topological polar surface area (TPSA) is 48.0 Å². The second-order valence-corrected chi connectivity index (χ2v) is 9.66. The van der Waals surface area contributed by atoms with Crippen molar-refractivity contribution in [3.8, 4) is 5.75 Å². The fraction of sp³-hybridized carbons (Fsp3) is 0.536. The van der Waals surface area contributed by atoms with Crippen LogP contribution in [0, 0.1) is 6.92 Å². The summed E-state index contributed by atoms with van der Waals surface area (Å²) in [4.78, 5) is 15.2. The van der Waals surface area contributed by atoms with E-state index in [1.807, 2.05) is 49.9 Å². The highest BCUT2D eigenvalue weighted by molar-refractivity contribution is 5.94. The van der Waals surface area contributed by atoms with Gasteiger partial charge in [-0.2, -0.15) is 0 Å². The molecule has 1 amide bonds. The lowest BCUT2D eigenvalue weighted by Gasteiger charge is -2.48. The van der Waals surface area contributed by atoms with E-state index in [9.17, 15) is 4.79 Å². The molecule has 0 bridgehead atoms. The average Bonchev–Trinajstić information content (AvgIpc) is 2.81. The van der Waals surface area contributed by atoms with E-state index in [0.29, 0.717) is 19.7 Å². The van der Waals surface area contributed by atoms with Crippen molar-refractivity contribution in [2.75, 3.05) is 19.7 Å². The molecule has 178 valence electrons. The standard InChI is InChI=1S/C28H37NO4/c1-5-31-24-18-26(22-9-7-6-8-10-22)33-28(19-24)13-15-29(16-14-28)27(30)23-11-12-25(21(4)17-23)32-20(2)3/h6-12,17,20,24,26H,5,13-16,18-19H2,1-4H3. The van der Waals surface area contributed by atoms with Gasteiger partial charge in [0.2, 0.25) is 0 Å². The predicted molar refractivity (Wildman–Crippen MR) is 130 cm³/mol. The minimum atomic E-state index is -0.236. The quantitative estimate of drug-likeness (QED) is 0.564. The molecule has 2 heterocycles. The normalized spacial score (nSPS) is 22.5. The Morgan fingerprint density at radius 3 is 2.52 bits per heavy atom. The van der Waals surface area contributed by atoms with Crippen molar-refractivity contribution in [2.24, 2.45) is 0 Å². The van der Waals surface area contributed by atoms with Crippen LogP contribution in [0.3, 0.4) is 0 Å². The van der Waals surface area contributed by atoms with Crippen LogP contribution in [0.1, 0.15) is 74.0 Å². The van der Waals surface area contributed by atoms with Crippen molar-refractivity contribution in [3.63, 3.8) is 0 Å². The minimum Gasteiger partial charge on any atom is -0.491 e. The lowest BCUT2D eigenvalue weighted by molar-refractivity contribution is -0.190. The van der Waals surface area contributed by atoms with E-state index >= 15 is 0 Å². The van der Waals surface area contributed by atoms with Crippen LogP contribution in [0.25, 0.3) is 0 Å². The van der Waals surface area contributed by atoms with Crippen molar-refractivity contribution in [2.45, 2.75) is 77.3 Å². The van der Waals surface area contributed by atoms with Crippen molar-refractivity contribution in [3.05, 3.63) is 65.2 Å². The maximum atomic E-state index is 13.2. The Balaban J connectivity index is 1.44. The van der Waals surface area contributed by atoms with Gasteiger partial charge in [0.15, 0.2) is 0 Å². The van der Waals surface area contributed by atoms with Gasteiger partial charge in [-0.05, 0) is 69.9 Å². The number of hydrogen-bond donors (Lipinski definition) is 0. The SMILES string of the molecule is CCOC1CC(c2ccccc2)OC2(CCN(C(=O)c3ccc(OC(C)C)c(C)c3)CC2)C1. The molecule has 5 nitrogen and oxygen atoms in total. The van der Waals surface area contributed by atoms with Crippen molar-refractivity contribution < 1.29 is 19.0 Å². The van der Waals surface area contributed by atoms with E-state index < -0.39 is 0 Å². The second-order valence-electron chi connectivity index (χ2n) is 9.66. The number of carbonyl (C=O) groups excluding carboxylic acids is 1. The maximum Gasteiger partial charge on any atom is 0.253 e. The van der Waals surface area contributed by atoms with Crippen molar-refractivity contribution in [1.82, 2.24) is 4.90 Å². The van der Waals surface area contributed by atoms with Gasteiger partial charge in [0.05, 0.1) is 23.9 Å². The summed E-state index contributed by atoms with van der Waals surface area (Å²) in [6.45, 7) is 10.2. The molecule has 2 aliphatic rings. The first-order valence-corrected chi connectivity index (χ1v) is 12.3. The first-order valence-electron chi connectivity index (χ1n) is 12.3. The first-order chi connectivity index (χ1) is 15.9. The fourth-order valence-corrected chi connectivity index (χ4v) is 5.16. The maximum absolute atomic E-state index is 13.2. The molecule has 1 spiro atoms. The molecule has 2 atom stereocenters. The third-order valence-corrected chi connectivity index (χ3v) is 6.79. The Bertz CT molecular complexity index is 934. The molecule has 2 aromatic carbocycles. The lowest BCUT2D eigenvalue weighted by Crippen LogP contribution is -2.52. The van der Waals surface area contributed by atoms with Crippen LogP contribution in [-0.4, -0.2) is 48.3 Å². The highest BCUT2D eigenvalue weighted by Crippen LogP contribution is 2.44. The molecular weight excluding hydrogens is 414 g/mol. The Hall–Kier alpha value is -2.37. The molecule has 0 aliphatic carbocycles. The molecule has 0 aromatic heterocycles. The molecule has 0 radical (unpaired) electrons. The number of likely N-dealkylation sites (tertiary alicyclic amines) is 1. The predicted octanol–water partition coefficient (Wildman–Crippen LogP) is 5.71. The minimum absolute atomic E-state index is 0.0369. The van der Waals surface area contributed by atoms with Crippen LogP contribution in [0.4, 0.5) is 0 Å². The summed E-state index contributed by atoms with van der Waals surface area (Å²) in [7, 11) is 0. The molecule has 5 heteroatoms. The zero-order valence-electron chi connectivity index (χ0n) is 20.4. The number of amides is 1. The van der Waals surface area contributed by atoms with Gasteiger partial charge in [-0.25, -0.2) is 0 Å². The van der Waals surface area contributed by atoms with Gasteiger partial charge in [0, 0.05) is 38.1 Å². The van der Waals surface area contributed by atoms with Crippen molar-refractivity contribution in [1.29, 1.82) is 0 Å². The third kappa shape index (κ3) is 5.59. The zero-order chi connectivity index (χ0) is 23.4. The van der Waals surface area contributed by atoms with Gasteiger partial charge >= 0.3 is 0 Å². The van der Waals surface area contributed by atoms with E-state index in [1.165, 1.54) is 5.56 Å². The van der Waals surface area contributed by atoms with E-state index in [1.54, 1.807) is 0 Å². The summed E-state index contributed by atoms with van der Waals surface area (Å²) in [5.74, 6) is 0.921. The molecular formula is C28H37NO4. The van der Waals surface area contributed by atoms with Crippen LogP contribution in [0.15, 0.2) is 48.5 Å². The number of hydrogen-bond acceptors (Lipinski definition) is 4. The van der Waals surface area contributed by atoms with Crippen LogP contribution in [0.2, 0.25) is 0 Å². The van der Waals surface area contributed by atoms with Gasteiger partial charge in [0.1, 0.15) is 5.75 Å². The summed E-state index contributed by atoms with van der Waals surface area (Å²) in [6.07, 6.45) is 3.78. The van der Waals surface area contributed by atoms with Gasteiger partial charge < -0.3 is 19.1 Å². The number of ether oxygens (including phenoxy) is 3. The number of carbonyl (C=O) groups is 1. The fourth-order valence-electron chi connectivity index (χ4n) is 5.16. The highest BCUT2D eigenvalue weighted by atomic mass is 16.5. The molecule has 2 aliphatic heterocycles. The molecule has 2 saturated heterocycles. The number of piperidine rings is 1. The van der Waals surface area contributed by atoms with Gasteiger partial charge in [-0.15, -0.1) is 0 Å². The summed E-state index contributed by atoms with van der Waals surface area (Å²) in [5.41, 5.74) is 2.68. The molecule has 0 N–H and O–H groups in total. The molecule has 4 rings (SSSR count). The summed E-state index contributed by atoms with van der Waals surface area (Å²) in [5, 5.41) is 0. The summed E-state index contributed by atoms with van der Waals surface area (Å²) in [6, 6.07) is 16.2. The second kappa shape index (κ2) is 10.3. The first kappa shape index (κ1) is 23.8. The molecule has 2 unspecified atom stereocenters. The van der Waals surface area contributed by atoms with E-state index in [-0.39, 0.29) is 29.8 Å². The monoisotopic (exact) mass is 451 g/mol. The Morgan fingerprint density at radius 2 is 1.88 bits per heavy atom. The Labute approximate surface area is 198 Å². The van der Waals surface area contributed by atoms with E-state index in [0.717, 1.165) is 42.6 Å². The lowest BCUT2D eigenvalue weighted by atomic mass is 9.80. The molecule has 33 heavy (non-hydrogen) atoms. The molecule has 0 saturated carbocycles.